The molecule has 0 heterocycles. The minimum absolute atomic E-state index is 0.110. The highest BCUT2D eigenvalue weighted by molar-refractivity contribution is 5.81. The smallest absolute Gasteiger partial charge is 0.251 e. The standard InChI is InChI=1S/C8H17NO7/c10-2-1-9-8(16)7(15)6(14)5(13)4(12)3-11/h4-7,10-15H,1-3H2,(H,9,16)/t4-,5-,6+,7+/m0/s1. The summed E-state index contributed by atoms with van der Waals surface area (Å²) in [5, 5.41) is 55.6. The summed E-state index contributed by atoms with van der Waals surface area (Å²) < 4.78 is 0. The summed E-state index contributed by atoms with van der Waals surface area (Å²) in [5.41, 5.74) is 0. The molecule has 0 aromatic carbocycles. The third-order valence-electron chi connectivity index (χ3n) is 1.93. The molecule has 7 N–H and O–H groups in total. The van der Waals surface area contributed by atoms with Gasteiger partial charge >= 0.3 is 0 Å². The lowest BCUT2D eigenvalue weighted by molar-refractivity contribution is -0.149. The predicted molar refractivity (Wildman–Crippen MR) is 51.2 cm³/mol. The summed E-state index contributed by atoms with van der Waals surface area (Å²) in [6.07, 6.45) is -7.39. The fraction of sp³-hybridized carbons (Fsp3) is 0.875. The van der Waals surface area contributed by atoms with Crippen LogP contribution in [0.25, 0.3) is 0 Å². The van der Waals surface area contributed by atoms with Crippen LogP contribution in [-0.4, -0.2) is 80.7 Å². The lowest BCUT2D eigenvalue weighted by Crippen LogP contribution is -2.51. The Morgan fingerprint density at radius 1 is 1.06 bits per heavy atom. The molecular weight excluding hydrogens is 222 g/mol. The van der Waals surface area contributed by atoms with Gasteiger partial charge in [0.2, 0.25) is 0 Å². The first kappa shape index (κ1) is 15.2. The molecule has 0 aromatic rings. The Hall–Kier alpha value is -0.770. The van der Waals surface area contributed by atoms with Gasteiger partial charge in [-0.3, -0.25) is 4.79 Å². The van der Waals surface area contributed by atoms with Crippen molar-refractivity contribution in [1.29, 1.82) is 0 Å². The third-order valence-corrected chi connectivity index (χ3v) is 1.93. The van der Waals surface area contributed by atoms with Crippen LogP contribution in [0.4, 0.5) is 0 Å². The van der Waals surface area contributed by atoms with Gasteiger partial charge in [0.25, 0.3) is 5.91 Å². The van der Waals surface area contributed by atoms with Crippen LogP contribution in [0.3, 0.4) is 0 Å². The van der Waals surface area contributed by atoms with E-state index in [1.807, 2.05) is 0 Å². The Morgan fingerprint density at radius 2 is 1.62 bits per heavy atom. The van der Waals surface area contributed by atoms with Crippen molar-refractivity contribution in [3.63, 3.8) is 0 Å². The first-order valence-electron chi connectivity index (χ1n) is 4.67. The largest absolute Gasteiger partial charge is 0.395 e. The van der Waals surface area contributed by atoms with E-state index in [-0.39, 0.29) is 13.2 Å². The minimum atomic E-state index is -1.96. The molecule has 0 radical (unpaired) electrons. The van der Waals surface area contributed by atoms with Crippen molar-refractivity contribution in [2.75, 3.05) is 19.8 Å². The Morgan fingerprint density at radius 3 is 2.06 bits per heavy atom. The molecule has 0 spiro atoms. The van der Waals surface area contributed by atoms with Crippen LogP contribution in [0, 0.1) is 0 Å². The molecule has 8 heteroatoms. The van der Waals surface area contributed by atoms with Crippen LogP contribution >= 0.6 is 0 Å². The fourth-order valence-electron chi connectivity index (χ4n) is 0.961. The van der Waals surface area contributed by atoms with E-state index in [4.69, 9.17) is 15.3 Å². The number of amides is 1. The third kappa shape index (κ3) is 4.39. The van der Waals surface area contributed by atoms with E-state index >= 15 is 0 Å². The molecule has 0 saturated carbocycles. The SMILES string of the molecule is O=C(NCCO)[C@H](O)[C@H](O)[C@@H](O)[C@@H](O)CO. The summed E-state index contributed by atoms with van der Waals surface area (Å²) in [7, 11) is 0. The Labute approximate surface area is 91.8 Å². The lowest BCUT2D eigenvalue weighted by Gasteiger charge is -2.24. The van der Waals surface area contributed by atoms with Crippen molar-refractivity contribution in [2.24, 2.45) is 0 Å². The number of hydrogen-bond acceptors (Lipinski definition) is 7. The van der Waals surface area contributed by atoms with Gasteiger partial charge in [-0.2, -0.15) is 0 Å². The first-order chi connectivity index (χ1) is 7.45. The molecular formula is C8H17NO7. The van der Waals surface area contributed by atoms with Crippen molar-refractivity contribution in [2.45, 2.75) is 24.4 Å². The molecule has 0 saturated heterocycles. The molecule has 4 atom stereocenters. The van der Waals surface area contributed by atoms with E-state index < -0.39 is 36.9 Å². The molecule has 0 aliphatic heterocycles. The van der Waals surface area contributed by atoms with Gasteiger partial charge in [0.1, 0.15) is 18.3 Å². The molecule has 0 aromatic heterocycles. The van der Waals surface area contributed by atoms with E-state index in [1.165, 1.54) is 0 Å². The molecule has 0 unspecified atom stereocenters. The maximum atomic E-state index is 11.1. The van der Waals surface area contributed by atoms with Gasteiger partial charge in [-0.25, -0.2) is 0 Å². The maximum absolute atomic E-state index is 11.1. The van der Waals surface area contributed by atoms with E-state index in [0.717, 1.165) is 0 Å². The number of nitrogens with one attached hydrogen (secondary N) is 1. The number of carbonyl (C=O) groups is 1. The Balaban J connectivity index is 4.25. The average Bonchev–Trinajstić information content (AvgIpc) is 2.31. The topological polar surface area (TPSA) is 150 Å². The van der Waals surface area contributed by atoms with Crippen LogP contribution in [-0.2, 0) is 4.79 Å². The van der Waals surface area contributed by atoms with Gasteiger partial charge in [0.15, 0.2) is 6.10 Å². The zero-order valence-corrected chi connectivity index (χ0v) is 8.52. The van der Waals surface area contributed by atoms with Gasteiger partial charge in [0.05, 0.1) is 13.2 Å². The maximum Gasteiger partial charge on any atom is 0.251 e. The molecule has 96 valence electrons. The number of hydrogen-bond donors (Lipinski definition) is 7. The monoisotopic (exact) mass is 239 g/mol. The minimum Gasteiger partial charge on any atom is -0.395 e. The van der Waals surface area contributed by atoms with Crippen molar-refractivity contribution in [3.8, 4) is 0 Å². The zero-order valence-electron chi connectivity index (χ0n) is 8.52. The number of aliphatic hydroxyl groups excluding tert-OH is 6. The fourth-order valence-corrected chi connectivity index (χ4v) is 0.961. The van der Waals surface area contributed by atoms with Crippen molar-refractivity contribution in [1.82, 2.24) is 5.32 Å². The van der Waals surface area contributed by atoms with Crippen LogP contribution in [0.2, 0.25) is 0 Å². The molecule has 0 aliphatic carbocycles. The summed E-state index contributed by atoms with van der Waals surface area (Å²) >= 11 is 0. The summed E-state index contributed by atoms with van der Waals surface area (Å²) in [6.45, 7) is -1.26. The Bertz CT molecular complexity index is 213. The van der Waals surface area contributed by atoms with E-state index in [2.05, 4.69) is 5.32 Å². The van der Waals surface area contributed by atoms with Crippen LogP contribution in [0.1, 0.15) is 0 Å². The van der Waals surface area contributed by atoms with E-state index in [9.17, 15) is 20.1 Å². The predicted octanol–water partition coefficient (Wildman–Crippen LogP) is -4.47. The zero-order chi connectivity index (χ0) is 12.7. The van der Waals surface area contributed by atoms with Crippen molar-refractivity contribution in [3.05, 3.63) is 0 Å². The van der Waals surface area contributed by atoms with E-state index in [1.54, 1.807) is 0 Å². The number of carbonyl (C=O) groups excluding carboxylic acids is 1. The van der Waals surface area contributed by atoms with Crippen molar-refractivity contribution < 1.29 is 35.4 Å². The van der Waals surface area contributed by atoms with Crippen LogP contribution in [0.5, 0.6) is 0 Å². The second kappa shape index (κ2) is 7.49. The van der Waals surface area contributed by atoms with E-state index in [0.29, 0.717) is 0 Å². The second-order valence-corrected chi connectivity index (χ2v) is 3.19. The molecule has 0 bridgehead atoms. The second-order valence-electron chi connectivity index (χ2n) is 3.19. The quantitative estimate of drug-likeness (QED) is 0.237. The van der Waals surface area contributed by atoms with Gasteiger partial charge in [-0.15, -0.1) is 0 Å². The summed E-state index contributed by atoms with van der Waals surface area (Å²) in [6, 6.07) is 0. The molecule has 16 heavy (non-hydrogen) atoms. The summed E-state index contributed by atoms with van der Waals surface area (Å²) in [4.78, 5) is 11.1. The lowest BCUT2D eigenvalue weighted by atomic mass is 10.0. The molecule has 0 aliphatic rings. The number of rotatable bonds is 7. The van der Waals surface area contributed by atoms with Crippen LogP contribution < -0.4 is 5.32 Å². The summed E-state index contributed by atoms with van der Waals surface area (Å²) in [5.74, 6) is -0.995. The highest BCUT2D eigenvalue weighted by atomic mass is 16.4. The molecule has 0 rings (SSSR count). The first-order valence-corrected chi connectivity index (χ1v) is 4.67. The Kier molecular flexibility index (Phi) is 7.13. The van der Waals surface area contributed by atoms with Gasteiger partial charge in [0, 0.05) is 6.54 Å². The molecule has 0 fully saturated rings. The van der Waals surface area contributed by atoms with Crippen LogP contribution in [0.15, 0.2) is 0 Å². The highest BCUT2D eigenvalue weighted by Gasteiger charge is 2.33. The van der Waals surface area contributed by atoms with Gasteiger partial charge in [-0.1, -0.05) is 0 Å². The number of aliphatic hydroxyl groups is 6. The molecule has 1 amide bonds. The van der Waals surface area contributed by atoms with Gasteiger partial charge in [-0.05, 0) is 0 Å². The van der Waals surface area contributed by atoms with Gasteiger partial charge < -0.3 is 36.0 Å². The average molecular weight is 239 g/mol. The molecule has 8 nitrogen and oxygen atoms in total. The highest BCUT2D eigenvalue weighted by Crippen LogP contribution is 2.05. The normalized spacial score (nSPS) is 18.6. The van der Waals surface area contributed by atoms with Crippen molar-refractivity contribution >= 4 is 5.91 Å².